The maximum absolute atomic E-state index is 12.1. The summed E-state index contributed by atoms with van der Waals surface area (Å²) in [6, 6.07) is 0. The summed E-state index contributed by atoms with van der Waals surface area (Å²) in [6.45, 7) is 13.4. The molecule has 0 saturated carbocycles. The lowest BCUT2D eigenvalue weighted by Gasteiger charge is -2.21. The number of hydrogen-bond acceptors (Lipinski definition) is 5. The number of rotatable bonds is 12. The van der Waals surface area contributed by atoms with Crippen molar-refractivity contribution in [1.29, 1.82) is 5.26 Å². The number of carbonyl (C=O) groups excluding carboxylic acids is 2. The Morgan fingerprint density at radius 3 is 1.81 bits per heavy atom. The van der Waals surface area contributed by atoms with Crippen LogP contribution in [0.1, 0.15) is 47.0 Å². The standard InChI is InChI=1S/C17H28N4O4S2/c1-16(2,14(22)20-13-18)7-11-26(24)9-6-10-27(25)12-8-17(3,4)15(23)21-19-5/h6-12H2,1-4H3,(H,20,22)(H,21,23). The Morgan fingerprint density at radius 1 is 0.963 bits per heavy atom. The Kier molecular flexibility index (Phi) is 11.1. The summed E-state index contributed by atoms with van der Waals surface area (Å²) in [4.78, 5) is 26.3. The van der Waals surface area contributed by atoms with E-state index in [0.717, 1.165) is 0 Å². The number of amides is 2. The molecule has 0 heterocycles. The van der Waals surface area contributed by atoms with Gasteiger partial charge in [-0.2, -0.15) is 16.8 Å². The van der Waals surface area contributed by atoms with Gasteiger partial charge in [-0.3, -0.25) is 23.3 Å². The molecule has 0 aromatic heterocycles. The van der Waals surface area contributed by atoms with Crippen LogP contribution >= 0.6 is 0 Å². The van der Waals surface area contributed by atoms with E-state index in [2.05, 4.69) is 15.7 Å². The van der Waals surface area contributed by atoms with Crippen LogP contribution in [0, 0.1) is 28.9 Å². The number of carbonyl (C=O) groups is 2. The maximum atomic E-state index is 12.1. The summed E-state index contributed by atoms with van der Waals surface area (Å²) >= 11 is 0. The summed E-state index contributed by atoms with van der Waals surface area (Å²) in [5.41, 5.74) is 0.540. The third kappa shape index (κ3) is 10.2. The Hall–Kier alpha value is -1.78. The Morgan fingerprint density at radius 2 is 1.41 bits per heavy atom. The molecule has 8 nitrogen and oxygen atoms in total. The maximum Gasteiger partial charge on any atom is 0.293 e. The number of hydrogen-bond donors (Lipinski definition) is 2. The van der Waals surface area contributed by atoms with Crippen molar-refractivity contribution in [3.8, 4) is 6.19 Å². The number of nitriles is 1. The second-order valence-corrected chi connectivity index (χ2v) is 10.8. The molecule has 2 unspecified atom stereocenters. The topological polar surface area (TPSA) is 120 Å². The van der Waals surface area contributed by atoms with Crippen molar-refractivity contribution in [3.05, 3.63) is 11.5 Å². The van der Waals surface area contributed by atoms with E-state index < -0.39 is 44.2 Å². The summed E-state index contributed by atoms with van der Waals surface area (Å²) in [5, 5.41) is 10.6. The number of nitrogens with one attached hydrogen (secondary N) is 2. The van der Waals surface area contributed by atoms with Crippen LogP contribution in [0.4, 0.5) is 0 Å². The third-order valence-electron chi connectivity index (χ3n) is 4.21. The minimum atomic E-state index is -1.13. The van der Waals surface area contributed by atoms with Gasteiger partial charge in [-0.15, -0.1) is 0 Å². The zero-order valence-electron chi connectivity index (χ0n) is 16.3. The van der Waals surface area contributed by atoms with Crippen molar-refractivity contribution in [1.82, 2.24) is 10.7 Å². The molecule has 0 fully saturated rings. The quantitative estimate of drug-likeness (QED) is 0.215. The first-order valence-electron chi connectivity index (χ1n) is 8.52. The first-order valence-corrected chi connectivity index (χ1v) is 11.5. The van der Waals surface area contributed by atoms with Gasteiger partial charge in [-0.25, -0.2) is 0 Å². The molecule has 0 bridgehead atoms. The molecule has 0 aliphatic rings. The normalized spacial score (nSPS) is 13.7. The van der Waals surface area contributed by atoms with Crippen molar-refractivity contribution in [3.63, 3.8) is 0 Å². The molecule has 2 atom stereocenters. The molecule has 0 saturated heterocycles. The molecule has 2 N–H and O–H groups in total. The summed E-state index contributed by atoms with van der Waals surface area (Å²) in [6.07, 6.45) is 2.91. The molecule has 0 radical (unpaired) electrons. The lowest BCUT2D eigenvalue weighted by atomic mass is 9.89. The van der Waals surface area contributed by atoms with E-state index in [4.69, 9.17) is 11.8 Å². The number of nitrogens with zero attached hydrogens (tertiary/aromatic N) is 2. The molecular formula is C17H28N4O4S2. The minimum absolute atomic E-state index is 0.336. The van der Waals surface area contributed by atoms with E-state index in [1.54, 1.807) is 33.9 Å². The molecule has 10 heteroatoms. The van der Waals surface area contributed by atoms with Gasteiger partial charge >= 0.3 is 0 Å². The zero-order chi connectivity index (χ0) is 21.1. The lowest BCUT2D eigenvalue weighted by molar-refractivity contribution is -0.129. The van der Waals surface area contributed by atoms with Crippen molar-refractivity contribution in [2.24, 2.45) is 10.8 Å². The van der Waals surface area contributed by atoms with Gasteiger partial charge in [0.2, 0.25) is 5.91 Å². The largest absolute Gasteiger partial charge is 0.293 e. The fourth-order valence-corrected chi connectivity index (χ4v) is 4.97. The highest BCUT2D eigenvalue weighted by atomic mass is 32.2. The zero-order valence-corrected chi connectivity index (χ0v) is 17.9. The van der Waals surface area contributed by atoms with E-state index in [1.807, 2.05) is 0 Å². The van der Waals surface area contributed by atoms with E-state index in [-0.39, 0.29) is 0 Å². The van der Waals surface area contributed by atoms with Gasteiger partial charge in [-0.05, 0) is 19.3 Å². The first kappa shape index (κ1) is 25.2. The molecule has 0 spiro atoms. The van der Waals surface area contributed by atoms with Gasteiger partial charge in [-0.1, -0.05) is 33.1 Å². The van der Waals surface area contributed by atoms with Crippen molar-refractivity contribution >= 4 is 33.4 Å². The molecular weight excluding hydrogens is 388 g/mol. The van der Waals surface area contributed by atoms with Gasteiger partial charge < -0.3 is 0 Å². The SMILES string of the molecule is [C-]#[N+]NC(=O)C(C)(C)CCS(=O)CCCS(=O)CCC(C)(C)C(=O)NC#N. The Labute approximate surface area is 166 Å². The fourth-order valence-electron chi connectivity index (χ4n) is 1.97. The molecule has 0 aliphatic carbocycles. The summed E-state index contributed by atoms with van der Waals surface area (Å²) in [7, 11) is -2.26. The van der Waals surface area contributed by atoms with Crippen LogP contribution in [0.25, 0.3) is 4.95 Å². The van der Waals surface area contributed by atoms with E-state index in [0.29, 0.717) is 42.3 Å². The molecule has 152 valence electrons. The van der Waals surface area contributed by atoms with Crippen LogP contribution < -0.4 is 10.7 Å². The third-order valence-corrected chi connectivity index (χ3v) is 7.02. The Bertz CT molecular complexity index is 607. The van der Waals surface area contributed by atoms with Crippen LogP contribution in [0.5, 0.6) is 0 Å². The summed E-state index contributed by atoms with van der Waals surface area (Å²) < 4.78 is 24.1. The summed E-state index contributed by atoms with van der Waals surface area (Å²) in [5.74, 6) is 0.675. The highest BCUT2D eigenvalue weighted by Gasteiger charge is 2.30. The van der Waals surface area contributed by atoms with Crippen molar-refractivity contribution in [2.45, 2.75) is 47.0 Å². The average molecular weight is 417 g/mol. The van der Waals surface area contributed by atoms with Crippen LogP contribution in [-0.4, -0.2) is 43.2 Å². The predicted molar refractivity (Wildman–Crippen MR) is 106 cm³/mol. The molecule has 2 amide bonds. The fraction of sp³-hybridized carbons (Fsp3) is 0.765. The van der Waals surface area contributed by atoms with Gasteiger partial charge in [0.05, 0.1) is 5.41 Å². The highest BCUT2D eigenvalue weighted by molar-refractivity contribution is 7.85. The van der Waals surface area contributed by atoms with Crippen molar-refractivity contribution < 1.29 is 18.0 Å². The highest BCUT2D eigenvalue weighted by Crippen LogP contribution is 2.22. The molecule has 0 aromatic rings. The van der Waals surface area contributed by atoms with Gasteiger partial charge in [0.1, 0.15) is 0 Å². The van der Waals surface area contributed by atoms with Crippen molar-refractivity contribution in [2.75, 3.05) is 23.0 Å². The average Bonchev–Trinajstić information content (AvgIpc) is 2.59. The van der Waals surface area contributed by atoms with Crippen LogP contribution in [0.2, 0.25) is 0 Å². The van der Waals surface area contributed by atoms with E-state index in [9.17, 15) is 18.0 Å². The van der Waals surface area contributed by atoms with Crippen LogP contribution in [0.15, 0.2) is 0 Å². The van der Waals surface area contributed by atoms with Gasteiger partial charge in [0.15, 0.2) is 6.19 Å². The van der Waals surface area contributed by atoms with E-state index in [1.165, 1.54) is 0 Å². The smallest absolute Gasteiger partial charge is 0.273 e. The van der Waals surface area contributed by atoms with Crippen LogP contribution in [-0.2, 0) is 31.2 Å². The molecule has 0 aliphatic heterocycles. The second kappa shape index (κ2) is 11.8. The first-order chi connectivity index (χ1) is 12.5. The van der Waals surface area contributed by atoms with Gasteiger partial charge in [0, 0.05) is 50.0 Å². The Balaban J connectivity index is 4.16. The minimum Gasteiger partial charge on any atom is -0.273 e. The molecule has 0 rings (SSSR count). The van der Waals surface area contributed by atoms with Crippen LogP contribution in [0.3, 0.4) is 0 Å². The van der Waals surface area contributed by atoms with E-state index >= 15 is 0 Å². The van der Waals surface area contributed by atoms with Gasteiger partial charge in [0.25, 0.3) is 5.91 Å². The lowest BCUT2D eigenvalue weighted by Crippen LogP contribution is -2.35. The molecule has 0 aromatic carbocycles. The monoisotopic (exact) mass is 416 g/mol. The molecule has 27 heavy (non-hydrogen) atoms. The predicted octanol–water partition coefficient (Wildman–Crippen LogP) is 1.25. The second-order valence-electron chi connectivity index (χ2n) is 7.44.